The number of hydrogen-bond donors (Lipinski definition) is 3. The first-order valence-electron chi connectivity index (χ1n) is 14.8. The van der Waals surface area contributed by atoms with Crippen LogP contribution in [0.3, 0.4) is 0 Å². The number of hydrogen-bond acceptors (Lipinski definition) is 9. The fourth-order valence-electron chi connectivity index (χ4n) is 5.07. The molecule has 1 unspecified atom stereocenters. The van der Waals surface area contributed by atoms with Crippen LogP contribution in [-0.2, 0) is 30.0 Å². The van der Waals surface area contributed by atoms with E-state index in [0.29, 0.717) is 11.6 Å². The summed E-state index contributed by atoms with van der Waals surface area (Å²) in [7, 11) is -4.42. The monoisotopic (exact) mass is 655 g/mol. The van der Waals surface area contributed by atoms with Crippen molar-refractivity contribution in [3.05, 3.63) is 111 Å². The second kappa shape index (κ2) is 14.5. The van der Waals surface area contributed by atoms with E-state index in [1.54, 1.807) is 24.3 Å². The van der Waals surface area contributed by atoms with Gasteiger partial charge in [-0.3, -0.25) is 23.7 Å². The Hall–Kier alpha value is -4.13. The quantitative estimate of drug-likeness (QED) is 0.139. The number of carbonyl (C=O) groups is 1. The molecule has 12 nitrogen and oxygen atoms in total. The number of halogens is 1. The van der Waals surface area contributed by atoms with Gasteiger partial charge in [0.2, 0.25) is 5.82 Å². The Kier molecular flexibility index (Phi) is 10.5. The van der Waals surface area contributed by atoms with Crippen molar-refractivity contribution in [3.8, 4) is 5.75 Å². The largest absolute Gasteiger partial charge is 0.460 e. The van der Waals surface area contributed by atoms with E-state index < -0.39 is 61.9 Å². The highest BCUT2D eigenvalue weighted by molar-refractivity contribution is 7.52. The van der Waals surface area contributed by atoms with Gasteiger partial charge in [0.25, 0.3) is 5.56 Å². The van der Waals surface area contributed by atoms with Crippen molar-refractivity contribution in [2.45, 2.75) is 57.8 Å². The van der Waals surface area contributed by atoms with Crippen molar-refractivity contribution >= 4 is 24.5 Å². The van der Waals surface area contributed by atoms with E-state index in [-0.39, 0.29) is 31.1 Å². The Morgan fingerprint density at radius 3 is 2.59 bits per heavy atom. The molecule has 1 aliphatic rings. The molecule has 5 rings (SSSR count). The highest BCUT2D eigenvalue weighted by atomic mass is 31.2. The molecule has 3 N–H and O–H groups in total. The Morgan fingerprint density at radius 2 is 1.83 bits per heavy atom. The molecule has 1 aromatic heterocycles. The van der Waals surface area contributed by atoms with Gasteiger partial charge in [-0.15, -0.1) is 0 Å². The van der Waals surface area contributed by atoms with Gasteiger partial charge >= 0.3 is 19.4 Å². The van der Waals surface area contributed by atoms with Crippen LogP contribution in [0.1, 0.15) is 38.5 Å². The van der Waals surface area contributed by atoms with Gasteiger partial charge in [0.15, 0.2) is 0 Å². The predicted octanol–water partition coefficient (Wildman–Crippen LogP) is 4.43. The number of nitrogens with zero attached hydrogens (tertiary/aromatic N) is 1. The molecule has 2 heterocycles. The number of aliphatic hydroxyl groups excluding tert-OH is 1. The van der Waals surface area contributed by atoms with Crippen LogP contribution >= 0.6 is 7.75 Å². The number of aliphatic hydroxyl groups is 1. The standard InChI is InChI=1S/C32H35FN3O9P/c1-20(2)15-25(31(39)42-18-21-9-4-3-5-10-21)35-46(41,45-27-14-8-12-22-11-6-7-13-23(22)27)43-19-28-26(37)16-29(44-28)36-17-24(33)30(38)34-32(36)40/h3-14,17,20,25-26,28-29,37H,15-16,18-19H2,1-2H3,(H,35,41)(H,34,38,40)/t25-,26-,28+,29+,46?/m0/s1. The topological polar surface area (TPSA) is 158 Å². The summed E-state index contributed by atoms with van der Waals surface area (Å²) in [5.41, 5.74) is -1.34. The number of rotatable bonds is 13. The highest BCUT2D eigenvalue weighted by Crippen LogP contribution is 2.48. The molecule has 244 valence electrons. The number of aromatic nitrogens is 2. The summed E-state index contributed by atoms with van der Waals surface area (Å²) in [6.07, 6.45) is -2.73. The smallest absolute Gasteiger partial charge is 0.459 e. The molecule has 46 heavy (non-hydrogen) atoms. The molecular formula is C32H35FN3O9P. The summed E-state index contributed by atoms with van der Waals surface area (Å²) in [5, 5.41) is 14.9. The number of aromatic amines is 1. The van der Waals surface area contributed by atoms with Crippen molar-refractivity contribution in [1.29, 1.82) is 0 Å². The predicted molar refractivity (Wildman–Crippen MR) is 167 cm³/mol. The summed E-state index contributed by atoms with van der Waals surface area (Å²) in [6.45, 7) is 3.28. The summed E-state index contributed by atoms with van der Waals surface area (Å²) in [6, 6.07) is 20.5. The van der Waals surface area contributed by atoms with Crippen LogP contribution in [-0.4, -0.2) is 45.5 Å². The molecular weight excluding hydrogens is 620 g/mol. The molecule has 5 atom stereocenters. The lowest BCUT2D eigenvalue weighted by Crippen LogP contribution is -2.39. The zero-order chi connectivity index (χ0) is 32.8. The molecule has 1 fully saturated rings. The SMILES string of the molecule is CC(C)C[C@H](NP(=O)(OC[C@H]1O[C@@H](n2cc(F)c(=O)[nH]c2=O)C[C@@H]1O)Oc1cccc2ccccc12)C(=O)OCc1ccccc1. The summed E-state index contributed by atoms with van der Waals surface area (Å²) >= 11 is 0. The van der Waals surface area contributed by atoms with Gasteiger partial charge in [0, 0.05) is 11.8 Å². The van der Waals surface area contributed by atoms with Gasteiger partial charge < -0.3 is 19.1 Å². The molecule has 1 aliphatic heterocycles. The van der Waals surface area contributed by atoms with Crippen LogP contribution in [0.5, 0.6) is 5.75 Å². The zero-order valence-electron chi connectivity index (χ0n) is 25.2. The molecule has 0 radical (unpaired) electrons. The van der Waals surface area contributed by atoms with E-state index in [0.717, 1.165) is 15.5 Å². The number of ether oxygens (including phenoxy) is 2. The van der Waals surface area contributed by atoms with Crippen molar-refractivity contribution in [3.63, 3.8) is 0 Å². The second-order valence-corrected chi connectivity index (χ2v) is 13.0. The number of nitrogens with one attached hydrogen (secondary N) is 2. The number of esters is 1. The Morgan fingerprint density at radius 1 is 1.11 bits per heavy atom. The average molecular weight is 656 g/mol. The highest BCUT2D eigenvalue weighted by Gasteiger charge is 2.40. The van der Waals surface area contributed by atoms with Gasteiger partial charge in [-0.25, -0.2) is 9.36 Å². The molecule has 3 aromatic carbocycles. The Bertz CT molecular complexity index is 1830. The first-order valence-corrected chi connectivity index (χ1v) is 16.3. The van der Waals surface area contributed by atoms with Crippen LogP contribution < -0.4 is 20.9 Å². The van der Waals surface area contributed by atoms with E-state index >= 15 is 0 Å². The van der Waals surface area contributed by atoms with Crippen LogP contribution in [0.2, 0.25) is 0 Å². The van der Waals surface area contributed by atoms with Crippen molar-refractivity contribution < 1.29 is 37.4 Å². The lowest BCUT2D eigenvalue weighted by molar-refractivity contribution is -0.147. The number of fused-ring (bicyclic) bond motifs is 1. The Labute approximate surface area is 263 Å². The fraction of sp³-hybridized carbons (Fsp3) is 0.344. The molecule has 4 aromatic rings. The van der Waals surface area contributed by atoms with Crippen molar-refractivity contribution in [1.82, 2.24) is 14.6 Å². The number of benzene rings is 3. The van der Waals surface area contributed by atoms with Gasteiger partial charge in [0.05, 0.1) is 18.9 Å². The maximum atomic E-state index is 14.5. The van der Waals surface area contributed by atoms with Gasteiger partial charge in [0.1, 0.15) is 30.7 Å². The van der Waals surface area contributed by atoms with Crippen LogP contribution in [0.4, 0.5) is 4.39 Å². The zero-order valence-corrected chi connectivity index (χ0v) is 26.1. The second-order valence-electron chi connectivity index (χ2n) is 11.3. The van der Waals surface area contributed by atoms with Crippen molar-refractivity contribution in [2.75, 3.05) is 6.61 Å². The average Bonchev–Trinajstić information content (AvgIpc) is 3.40. The first-order chi connectivity index (χ1) is 22.0. The lowest BCUT2D eigenvalue weighted by Gasteiger charge is -2.27. The normalized spacial score (nSPS) is 20.0. The minimum atomic E-state index is -4.42. The van der Waals surface area contributed by atoms with Gasteiger partial charge in [-0.1, -0.05) is 80.6 Å². The number of carbonyl (C=O) groups excluding carboxylic acids is 1. The molecule has 0 spiro atoms. The molecule has 0 saturated carbocycles. The van der Waals surface area contributed by atoms with Crippen LogP contribution in [0.15, 0.2) is 88.6 Å². The third kappa shape index (κ3) is 8.17. The van der Waals surface area contributed by atoms with E-state index in [9.17, 15) is 28.4 Å². The van der Waals surface area contributed by atoms with E-state index in [2.05, 4.69) is 5.09 Å². The van der Waals surface area contributed by atoms with Gasteiger partial charge in [-0.2, -0.15) is 9.48 Å². The minimum absolute atomic E-state index is 0.000499. The van der Waals surface area contributed by atoms with Crippen molar-refractivity contribution in [2.24, 2.45) is 5.92 Å². The summed E-state index contributed by atoms with van der Waals surface area (Å²) in [4.78, 5) is 38.9. The summed E-state index contributed by atoms with van der Waals surface area (Å²) in [5.74, 6) is -1.68. The van der Waals surface area contributed by atoms with Crippen LogP contribution in [0, 0.1) is 11.7 Å². The molecule has 0 amide bonds. The third-order valence-electron chi connectivity index (χ3n) is 7.35. The molecule has 0 bridgehead atoms. The first kappa shape index (κ1) is 33.2. The fourth-order valence-corrected chi connectivity index (χ4v) is 6.60. The molecule has 0 aliphatic carbocycles. The molecule has 14 heteroatoms. The lowest BCUT2D eigenvalue weighted by atomic mass is 10.1. The third-order valence-corrected chi connectivity index (χ3v) is 8.90. The van der Waals surface area contributed by atoms with E-state index in [1.807, 2.05) is 67.4 Å². The van der Waals surface area contributed by atoms with Crippen LogP contribution in [0.25, 0.3) is 10.8 Å². The van der Waals surface area contributed by atoms with E-state index in [4.69, 9.17) is 18.5 Å². The maximum absolute atomic E-state index is 14.5. The number of H-pyrrole nitrogens is 1. The minimum Gasteiger partial charge on any atom is -0.460 e. The van der Waals surface area contributed by atoms with Gasteiger partial charge in [-0.05, 0) is 29.4 Å². The Balaban J connectivity index is 1.38. The summed E-state index contributed by atoms with van der Waals surface area (Å²) < 4.78 is 52.4. The van der Waals surface area contributed by atoms with E-state index in [1.165, 1.54) is 0 Å². The maximum Gasteiger partial charge on any atom is 0.459 e. The molecule has 1 saturated heterocycles.